The number of halogens is 1. The van der Waals surface area contributed by atoms with Gasteiger partial charge in [-0.2, -0.15) is 0 Å². The van der Waals surface area contributed by atoms with Gasteiger partial charge in [0.05, 0.1) is 0 Å². The predicted molar refractivity (Wildman–Crippen MR) is 94.2 cm³/mol. The van der Waals surface area contributed by atoms with Crippen LogP contribution in [0.2, 0.25) is 5.02 Å². The van der Waals surface area contributed by atoms with Gasteiger partial charge < -0.3 is 10.2 Å². The van der Waals surface area contributed by atoms with E-state index in [2.05, 4.69) is 34.3 Å². The third kappa shape index (κ3) is 4.93. The second kappa shape index (κ2) is 8.48. The fourth-order valence-electron chi connectivity index (χ4n) is 2.23. The van der Waals surface area contributed by atoms with Crippen LogP contribution in [0.15, 0.2) is 36.4 Å². The van der Waals surface area contributed by atoms with Crippen molar-refractivity contribution >= 4 is 29.1 Å². The molecule has 0 saturated carbocycles. The van der Waals surface area contributed by atoms with Crippen LogP contribution in [0.4, 0.5) is 11.6 Å². The number of benzene rings is 1. The highest BCUT2D eigenvalue weighted by molar-refractivity contribution is 6.30. The first-order valence-electron chi connectivity index (χ1n) is 7.79. The molecule has 1 aromatic heterocycles. The van der Waals surface area contributed by atoms with Gasteiger partial charge in [0.1, 0.15) is 0 Å². The molecule has 0 spiro atoms. The normalized spacial score (nSPS) is 10.4. The van der Waals surface area contributed by atoms with Crippen molar-refractivity contribution in [2.45, 2.75) is 26.7 Å². The molecule has 23 heavy (non-hydrogen) atoms. The lowest BCUT2D eigenvalue weighted by Crippen LogP contribution is -2.26. The van der Waals surface area contributed by atoms with Gasteiger partial charge in [-0.15, -0.1) is 10.2 Å². The summed E-state index contributed by atoms with van der Waals surface area (Å²) >= 11 is 5.82. The molecule has 0 aliphatic rings. The fourth-order valence-corrected chi connectivity index (χ4v) is 2.36. The van der Waals surface area contributed by atoms with Crippen LogP contribution >= 0.6 is 11.6 Å². The van der Waals surface area contributed by atoms with Crippen molar-refractivity contribution in [1.29, 1.82) is 0 Å². The maximum Gasteiger partial charge on any atom is 0.256 e. The van der Waals surface area contributed by atoms with Crippen LogP contribution in [-0.2, 0) is 0 Å². The number of carbonyl (C=O) groups excluding carboxylic acids is 1. The van der Waals surface area contributed by atoms with E-state index in [1.165, 1.54) is 0 Å². The molecule has 1 aromatic carbocycles. The zero-order valence-electron chi connectivity index (χ0n) is 13.4. The van der Waals surface area contributed by atoms with Crippen LogP contribution in [0, 0.1) is 0 Å². The van der Waals surface area contributed by atoms with Gasteiger partial charge in [-0.1, -0.05) is 25.4 Å². The minimum absolute atomic E-state index is 0.234. The number of hydrogen-bond acceptors (Lipinski definition) is 4. The first-order chi connectivity index (χ1) is 11.1. The van der Waals surface area contributed by atoms with Gasteiger partial charge in [0, 0.05) is 23.7 Å². The highest BCUT2D eigenvalue weighted by Gasteiger charge is 2.09. The lowest BCUT2D eigenvalue weighted by molar-refractivity contribution is 0.102. The number of rotatable bonds is 7. The molecular weight excluding hydrogens is 312 g/mol. The summed E-state index contributed by atoms with van der Waals surface area (Å²) < 4.78 is 0. The minimum atomic E-state index is -0.234. The average Bonchev–Trinajstić information content (AvgIpc) is 2.56. The molecule has 0 atom stereocenters. The summed E-state index contributed by atoms with van der Waals surface area (Å²) in [5.74, 6) is 1.03. The summed E-state index contributed by atoms with van der Waals surface area (Å²) in [6.07, 6.45) is 2.10. The Kier molecular flexibility index (Phi) is 6.35. The second-order valence-electron chi connectivity index (χ2n) is 5.22. The largest absolute Gasteiger partial charge is 0.355 e. The molecule has 0 saturated heterocycles. The number of nitrogens with zero attached hydrogens (tertiary/aromatic N) is 3. The molecule has 1 heterocycles. The van der Waals surface area contributed by atoms with Crippen LogP contribution in [0.5, 0.6) is 0 Å². The van der Waals surface area contributed by atoms with Crippen LogP contribution in [0.1, 0.15) is 37.0 Å². The molecule has 0 bridgehead atoms. The molecule has 0 fully saturated rings. The standard InChI is InChI=1S/C17H21ClN4O/c1-3-11-22(12-4-2)16-10-9-15(20-21-16)19-17(23)13-5-7-14(18)8-6-13/h5-10H,3-4,11-12H2,1-2H3,(H,19,20,23). The summed E-state index contributed by atoms with van der Waals surface area (Å²) in [7, 11) is 0. The molecule has 0 radical (unpaired) electrons. The van der Waals surface area contributed by atoms with Crippen LogP contribution in [0.25, 0.3) is 0 Å². The molecule has 122 valence electrons. The van der Waals surface area contributed by atoms with Crippen molar-refractivity contribution in [3.8, 4) is 0 Å². The van der Waals surface area contributed by atoms with Gasteiger partial charge in [0.15, 0.2) is 11.6 Å². The van der Waals surface area contributed by atoms with E-state index in [4.69, 9.17) is 11.6 Å². The maximum atomic E-state index is 12.1. The molecule has 0 aliphatic carbocycles. The number of nitrogens with one attached hydrogen (secondary N) is 1. The fraction of sp³-hybridized carbons (Fsp3) is 0.353. The zero-order chi connectivity index (χ0) is 16.7. The third-order valence-corrected chi connectivity index (χ3v) is 3.56. The van der Waals surface area contributed by atoms with Gasteiger partial charge in [-0.3, -0.25) is 4.79 Å². The molecule has 5 nitrogen and oxygen atoms in total. The summed E-state index contributed by atoms with van der Waals surface area (Å²) in [6.45, 7) is 6.16. The molecule has 0 unspecified atom stereocenters. The molecule has 0 aliphatic heterocycles. The summed E-state index contributed by atoms with van der Waals surface area (Å²) in [4.78, 5) is 14.3. The SMILES string of the molecule is CCCN(CCC)c1ccc(NC(=O)c2ccc(Cl)cc2)nn1. The number of hydrogen-bond donors (Lipinski definition) is 1. The van der Waals surface area contributed by atoms with E-state index in [1.807, 2.05) is 6.07 Å². The molecule has 1 amide bonds. The van der Waals surface area contributed by atoms with Gasteiger partial charge in [-0.05, 0) is 49.2 Å². The predicted octanol–water partition coefficient (Wildman–Crippen LogP) is 4.01. The quantitative estimate of drug-likeness (QED) is 0.832. The minimum Gasteiger partial charge on any atom is -0.355 e. The van der Waals surface area contributed by atoms with Gasteiger partial charge >= 0.3 is 0 Å². The van der Waals surface area contributed by atoms with E-state index < -0.39 is 0 Å². The number of anilines is 2. The maximum absolute atomic E-state index is 12.1. The molecule has 1 N–H and O–H groups in total. The van der Waals surface area contributed by atoms with Crippen molar-refractivity contribution < 1.29 is 4.79 Å². The second-order valence-corrected chi connectivity index (χ2v) is 5.66. The van der Waals surface area contributed by atoms with Crippen molar-refractivity contribution in [2.24, 2.45) is 0 Å². The number of aromatic nitrogens is 2. The Morgan fingerprint density at radius 3 is 2.22 bits per heavy atom. The highest BCUT2D eigenvalue weighted by atomic mass is 35.5. The van der Waals surface area contributed by atoms with Crippen LogP contribution < -0.4 is 10.2 Å². The molecule has 6 heteroatoms. The summed E-state index contributed by atoms with van der Waals surface area (Å²) in [5, 5.41) is 11.6. The van der Waals surface area contributed by atoms with Gasteiger partial charge in [0.2, 0.25) is 0 Å². The highest BCUT2D eigenvalue weighted by Crippen LogP contribution is 2.14. The lowest BCUT2D eigenvalue weighted by atomic mass is 10.2. The van der Waals surface area contributed by atoms with Gasteiger partial charge in [0.25, 0.3) is 5.91 Å². The Labute approximate surface area is 141 Å². The van der Waals surface area contributed by atoms with Gasteiger partial charge in [-0.25, -0.2) is 0 Å². The average molecular weight is 333 g/mol. The third-order valence-electron chi connectivity index (χ3n) is 3.31. The van der Waals surface area contributed by atoms with Crippen molar-refractivity contribution in [3.63, 3.8) is 0 Å². The Morgan fingerprint density at radius 2 is 1.70 bits per heavy atom. The Morgan fingerprint density at radius 1 is 1.04 bits per heavy atom. The Bertz CT molecular complexity index is 622. The first kappa shape index (κ1) is 17.2. The monoisotopic (exact) mass is 332 g/mol. The summed E-state index contributed by atoms with van der Waals surface area (Å²) in [6, 6.07) is 10.4. The van der Waals surface area contributed by atoms with Crippen molar-refractivity contribution in [2.75, 3.05) is 23.3 Å². The zero-order valence-corrected chi connectivity index (χ0v) is 14.2. The summed E-state index contributed by atoms with van der Waals surface area (Å²) in [5.41, 5.74) is 0.527. The smallest absolute Gasteiger partial charge is 0.256 e. The number of amides is 1. The topological polar surface area (TPSA) is 58.1 Å². The van der Waals surface area contributed by atoms with Crippen LogP contribution in [-0.4, -0.2) is 29.2 Å². The lowest BCUT2D eigenvalue weighted by Gasteiger charge is -2.21. The van der Waals surface area contributed by atoms with E-state index >= 15 is 0 Å². The van der Waals surface area contributed by atoms with Crippen molar-refractivity contribution in [3.05, 3.63) is 47.0 Å². The first-order valence-corrected chi connectivity index (χ1v) is 8.17. The van der Waals surface area contributed by atoms with E-state index in [0.717, 1.165) is 31.7 Å². The van der Waals surface area contributed by atoms with Crippen molar-refractivity contribution in [1.82, 2.24) is 10.2 Å². The number of carbonyl (C=O) groups is 1. The van der Waals surface area contributed by atoms with E-state index in [-0.39, 0.29) is 5.91 Å². The Balaban J connectivity index is 2.04. The van der Waals surface area contributed by atoms with E-state index in [1.54, 1.807) is 30.3 Å². The molecule has 2 aromatic rings. The molecule has 2 rings (SSSR count). The molecular formula is C17H21ClN4O. The van der Waals surface area contributed by atoms with E-state index in [9.17, 15) is 4.79 Å². The van der Waals surface area contributed by atoms with E-state index in [0.29, 0.717) is 16.4 Å². The Hall–Kier alpha value is -2.14. The van der Waals surface area contributed by atoms with Crippen LogP contribution in [0.3, 0.4) is 0 Å².